The minimum Gasteiger partial charge on any atom is -0.444 e. The van der Waals surface area contributed by atoms with Gasteiger partial charge in [-0.15, -0.1) is 0 Å². The van der Waals surface area contributed by atoms with Crippen LogP contribution in [0.25, 0.3) is 0 Å². The maximum atomic E-state index is 11.7. The van der Waals surface area contributed by atoms with Gasteiger partial charge in [-0.3, -0.25) is 4.79 Å². The lowest BCUT2D eigenvalue weighted by atomic mass is 10.2. The summed E-state index contributed by atoms with van der Waals surface area (Å²) in [5.74, 6) is 0.0149. The highest BCUT2D eigenvalue weighted by atomic mass is 16.6. The van der Waals surface area contributed by atoms with Crippen molar-refractivity contribution in [2.24, 2.45) is 0 Å². The first kappa shape index (κ1) is 17.8. The molecule has 0 aromatic rings. The van der Waals surface area contributed by atoms with Crippen molar-refractivity contribution in [3.05, 3.63) is 0 Å². The summed E-state index contributed by atoms with van der Waals surface area (Å²) < 4.78 is 5.25. The van der Waals surface area contributed by atoms with Gasteiger partial charge in [-0.25, -0.2) is 4.79 Å². The van der Waals surface area contributed by atoms with Gasteiger partial charge < -0.3 is 20.7 Å². The van der Waals surface area contributed by atoms with Crippen molar-refractivity contribution in [1.82, 2.24) is 16.0 Å². The number of hydrogen-bond donors (Lipinski definition) is 3. The smallest absolute Gasteiger partial charge is 0.407 e. The number of ether oxygens (including phenoxy) is 1. The first-order valence-corrected chi connectivity index (χ1v) is 7.74. The molecule has 3 unspecified atom stereocenters. The minimum absolute atomic E-state index is 0.0149. The van der Waals surface area contributed by atoms with Gasteiger partial charge >= 0.3 is 6.09 Å². The van der Waals surface area contributed by atoms with Gasteiger partial charge in [0.05, 0.1) is 6.04 Å². The Morgan fingerprint density at radius 1 is 1.24 bits per heavy atom. The summed E-state index contributed by atoms with van der Waals surface area (Å²) in [7, 11) is 0. The van der Waals surface area contributed by atoms with Crippen LogP contribution in [-0.4, -0.2) is 42.3 Å². The van der Waals surface area contributed by atoms with Crippen molar-refractivity contribution < 1.29 is 14.3 Å². The van der Waals surface area contributed by atoms with Gasteiger partial charge in [0, 0.05) is 18.6 Å². The second kappa shape index (κ2) is 7.64. The standard InChI is InChI=1S/C15H29N3O3/c1-6-16-13(19)10(2)17-11-7-8-12(9-11)18-14(20)21-15(3,4)5/h10-12,17H,6-9H2,1-5H3,(H,16,19)(H,18,20). The summed E-state index contributed by atoms with van der Waals surface area (Å²) in [5, 5.41) is 9.00. The van der Waals surface area contributed by atoms with E-state index in [9.17, 15) is 9.59 Å². The van der Waals surface area contributed by atoms with Crippen LogP contribution in [0.4, 0.5) is 4.79 Å². The van der Waals surface area contributed by atoms with Crippen molar-refractivity contribution in [2.75, 3.05) is 6.54 Å². The molecule has 6 nitrogen and oxygen atoms in total. The number of nitrogens with one attached hydrogen (secondary N) is 3. The highest BCUT2D eigenvalue weighted by molar-refractivity contribution is 5.81. The zero-order valence-electron chi connectivity index (χ0n) is 13.8. The van der Waals surface area contributed by atoms with Crippen molar-refractivity contribution in [2.45, 2.75) is 77.6 Å². The van der Waals surface area contributed by atoms with Crippen LogP contribution in [0, 0.1) is 0 Å². The highest BCUT2D eigenvalue weighted by Crippen LogP contribution is 2.20. The molecule has 6 heteroatoms. The van der Waals surface area contributed by atoms with E-state index in [1.54, 1.807) is 0 Å². The van der Waals surface area contributed by atoms with E-state index in [2.05, 4.69) is 16.0 Å². The second-order valence-electron chi connectivity index (χ2n) is 6.64. The zero-order chi connectivity index (χ0) is 16.0. The largest absolute Gasteiger partial charge is 0.444 e. The Kier molecular flexibility index (Phi) is 6.45. The van der Waals surface area contributed by atoms with Crippen LogP contribution >= 0.6 is 0 Å². The van der Waals surface area contributed by atoms with Crippen LogP contribution in [0.1, 0.15) is 53.9 Å². The fourth-order valence-corrected chi connectivity index (χ4v) is 2.49. The van der Waals surface area contributed by atoms with E-state index >= 15 is 0 Å². The Morgan fingerprint density at radius 3 is 2.43 bits per heavy atom. The van der Waals surface area contributed by atoms with Gasteiger partial charge in [0.25, 0.3) is 0 Å². The van der Waals surface area contributed by atoms with Gasteiger partial charge in [-0.1, -0.05) is 0 Å². The van der Waals surface area contributed by atoms with E-state index in [0.29, 0.717) is 6.54 Å². The van der Waals surface area contributed by atoms with E-state index in [1.807, 2.05) is 34.6 Å². The molecule has 1 rings (SSSR count). The second-order valence-corrected chi connectivity index (χ2v) is 6.64. The summed E-state index contributed by atoms with van der Waals surface area (Å²) >= 11 is 0. The molecule has 3 atom stereocenters. The van der Waals surface area contributed by atoms with Gasteiger partial charge in [-0.2, -0.15) is 0 Å². The van der Waals surface area contributed by atoms with Crippen molar-refractivity contribution >= 4 is 12.0 Å². The molecule has 21 heavy (non-hydrogen) atoms. The lowest BCUT2D eigenvalue weighted by Crippen LogP contribution is -2.46. The molecule has 0 bridgehead atoms. The first-order valence-electron chi connectivity index (χ1n) is 7.74. The van der Waals surface area contributed by atoms with Crippen LogP contribution in [0.2, 0.25) is 0 Å². The lowest BCUT2D eigenvalue weighted by molar-refractivity contribution is -0.122. The molecular weight excluding hydrogens is 270 g/mol. The molecule has 1 aliphatic carbocycles. The molecule has 0 saturated heterocycles. The first-order chi connectivity index (χ1) is 9.71. The third-order valence-corrected chi connectivity index (χ3v) is 3.38. The summed E-state index contributed by atoms with van der Waals surface area (Å²) in [5.41, 5.74) is -0.479. The monoisotopic (exact) mass is 299 g/mol. The van der Waals surface area contributed by atoms with Crippen molar-refractivity contribution in [1.29, 1.82) is 0 Å². The molecule has 0 aliphatic heterocycles. The van der Waals surface area contributed by atoms with E-state index in [1.165, 1.54) is 0 Å². The number of likely N-dealkylation sites (N-methyl/N-ethyl adjacent to an activating group) is 1. The number of alkyl carbamates (subject to hydrolysis) is 1. The molecule has 0 aromatic heterocycles. The summed E-state index contributed by atoms with van der Waals surface area (Å²) in [6.45, 7) is 9.94. The Labute approximate surface area is 127 Å². The Hall–Kier alpha value is -1.30. The molecule has 2 amide bonds. The maximum Gasteiger partial charge on any atom is 0.407 e. The Balaban J connectivity index is 2.32. The number of hydrogen-bond acceptors (Lipinski definition) is 4. The molecule has 1 fully saturated rings. The van der Waals surface area contributed by atoms with Crippen LogP contribution < -0.4 is 16.0 Å². The molecule has 0 aromatic carbocycles. The van der Waals surface area contributed by atoms with Gasteiger partial charge in [0.15, 0.2) is 0 Å². The number of carbonyl (C=O) groups excluding carboxylic acids is 2. The topological polar surface area (TPSA) is 79.5 Å². The third-order valence-electron chi connectivity index (χ3n) is 3.38. The van der Waals surface area contributed by atoms with Crippen LogP contribution in [-0.2, 0) is 9.53 Å². The van der Waals surface area contributed by atoms with Gasteiger partial charge in [-0.05, 0) is 53.9 Å². The molecule has 0 spiro atoms. The summed E-state index contributed by atoms with van der Waals surface area (Å²) in [6.07, 6.45) is 2.30. The van der Waals surface area contributed by atoms with Crippen LogP contribution in [0.5, 0.6) is 0 Å². The fourth-order valence-electron chi connectivity index (χ4n) is 2.49. The van der Waals surface area contributed by atoms with Crippen molar-refractivity contribution in [3.63, 3.8) is 0 Å². The molecular formula is C15H29N3O3. The van der Waals surface area contributed by atoms with Crippen LogP contribution in [0.15, 0.2) is 0 Å². The predicted octanol–water partition coefficient (Wildman–Crippen LogP) is 1.55. The van der Waals surface area contributed by atoms with E-state index < -0.39 is 5.60 Å². The fraction of sp³-hybridized carbons (Fsp3) is 0.867. The summed E-state index contributed by atoms with van der Waals surface area (Å²) in [6, 6.07) is 0.150. The van der Waals surface area contributed by atoms with E-state index in [-0.39, 0.29) is 30.1 Å². The molecule has 3 N–H and O–H groups in total. The van der Waals surface area contributed by atoms with Gasteiger partial charge in [0.2, 0.25) is 5.91 Å². The molecule has 0 heterocycles. The van der Waals surface area contributed by atoms with E-state index in [0.717, 1.165) is 19.3 Å². The highest BCUT2D eigenvalue weighted by Gasteiger charge is 2.29. The number of amides is 2. The van der Waals surface area contributed by atoms with Crippen molar-refractivity contribution in [3.8, 4) is 0 Å². The quantitative estimate of drug-likeness (QED) is 0.719. The number of rotatable bonds is 5. The van der Waals surface area contributed by atoms with Crippen LogP contribution in [0.3, 0.4) is 0 Å². The Morgan fingerprint density at radius 2 is 1.86 bits per heavy atom. The lowest BCUT2D eigenvalue weighted by Gasteiger charge is -2.22. The van der Waals surface area contributed by atoms with Gasteiger partial charge in [0.1, 0.15) is 5.60 Å². The van der Waals surface area contributed by atoms with E-state index in [4.69, 9.17) is 4.74 Å². The molecule has 122 valence electrons. The maximum absolute atomic E-state index is 11.7. The average molecular weight is 299 g/mol. The normalized spacial score (nSPS) is 23.5. The molecule has 1 aliphatic rings. The molecule has 0 radical (unpaired) electrons. The predicted molar refractivity (Wildman–Crippen MR) is 82.1 cm³/mol. The Bertz CT molecular complexity index is 366. The minimum atomic E-state index is -0.479. The average Bonchev–Trinajstić information content (AvgIpc) is 2.73. The number of carbonyl (C=O) groups is 2. The zero-order valence-corrected chi connectivity index (χ0v) is 13.8. The third kappa shape index (κ3) is 6.80. The SMILES string of the molecule is CCNC(=O)C(C)NC1CCC(NC(=O)OC(C)(C)C)C1. The summed E-state index contributed by atoms with van der Waals surface area (Å²) in [4.78, 5) is 23.4. The molecule has 1 saturated carbocycles.